The van der Waals surface area contributed by atoms with Crippen molar-refractivity contribution in [3.8, 4) is 0 Å². The summed E-state index contributed by atoms with van der Waals surface area (Å²) in [6.07, 6.45) is 0. The predicted octanol–water partition coefficient (Wildman–Crippen LogP) is 1.43. The first-order valence-electron chi connectivity index (χ1n) is 6.50. The van der Waals surface area contributed by atoms with Crippen LogP contribution in [0.15, 0.2) is 18.2 Å². The quantitative estimate of drug-likeness (QED) is 0.766. The first-order chi connectivity index (χ1) is 9.61. The zero-order valence-corrected chi connectivity index (χ0v) is 11.8. The van der Waals surface area contributed by atoms with E-state index in [4.69, 9.17) is 0 Å². The van der Waals surface area contributed by atoms with Crippen LogP contribution < -0.4 is 10.6 Å². The summed E-state index contributed by atoms with van der Waals surface area (Å²) in [6.45, 7) is 6.55. The molecule has 7 heteroatoms. The molecule has 1 aromatic heterocycles. The lowest BCUT2D eigenvalue weighted by molar-refractivity contribution is 0.0939. The number of carbonyl (C=O) groups is 1. The number of nitrogens with one attached hydrogen (secondary N) is 3. The highest BCUT2D eigenvalue weighted by molar-refractivity contribution is 5.99. The largest absolute Gasteiger partial charge is 0.385 e. The highest BCUT2D eigenvalue weighted by Gasteiger charge is 2.17. The Labute approximate surface area is 117 Å². The van der Waals surface area contributed by atoms with Crippen LogP contribution in [0.25, 0.3) is 0 Å². The zero-order chi connectivity index (χ0) is 14.5. The summed E-state index contributed by atoms with van der Waals surface area (Å²) in [4.78, 5) is 12.3. The summed E-state index contributed by atoms with van der Waals surface area (Å²) in [5.41, 5.74) is 2.53. The van der Waals surface area contributed by atoms with Gasteiger partial charge in [-0.15, -0.1) is 10.2 Å². The molecule has 0 spiro atoms. The van der Waals surface area contributed by atoms with Crippen LogP contribution in [0.1, 0.15) is 41.6 Å². The number of hydrogen-bond donors (Lipinski definition) is 3. The van der Waals surface area contributed by atoms with Crippen molar-refractivity contribution >= 4 is 11.6 Å². The fourth-order valence-corrected chi connectivity index (χ4v) is 1.88. The number of amides is 1. The van der Waals surface area contributed by atoms with Crippen LogP contribution in [-0.2, 0) is 0 Å². The van der Waals surface area contributed by atoms with Crippen LogP contribution >= 0.6 is 0 Å². The maximum atomic E-state index is 12.3. The highest BCUT2D eigenvalue weighted by atomic mass is 16.1. The molecule has 0 saturated heterocycles. The van der Waals surface area contributed by atoms with E-state index < -0.39 is 0 Å². The highest BCUT2D eigenvalue weighted by Crippen LogP contribution is 2.18. The van der Waals surface area contributed by atoms with Gasteiger partial charge in [-0.2, -0.15) is 5.21 Å². The third-order valence-corrected chi connectivity index (χ3v) is 2.88. The number of carbonyl (C=O) groups excluding carboxylic acids is 1. The van der Waals surface area contributed by atoms with Gasteiger partial charge in [-0.05, 0) is 38.5 Å². The molecule has 1 heterocycles. The molecule has 0 bridgehead atoms. The van der Waals surface area contributed by atoms with E-state index in [1.165, 1.54) is 0 Å². The van der Waals surface area contributed by atoms with Crippen LogP contribution in [0.2, 0.25) is 0 Å². The zero-order valence-electron chi connectivity index (χ0n) is 11.8. The molecule has 0 saturated carbocycles. The Morgan fingerprint density at radius 1 is 1.45 bits per heavy atom. The van der Waals surface area contributed by atoms with Gasteiger partial charge in [0.1, 0.15) is 0 Å². The van der Waals surface area contributed by atoms with Gasteiger partial charge in [0.2, 0.25) is 0 Å². The molecule has 3 N–H and O–H groups in total. The monoisotopic (exact) mass is 274 g/mol. The predicted molar refractivity (Wildman–Crippen MR) is 75.4 cm³/mol. The number of hydrogen-bond acceptors (Lipinski definition) is 5. The molecule has 1 aromatic carbocycles. The Morgan fingerprint density at radius 2 is 2.25 bits per heavy atom. The van der Waals surface area contributed by atoms with Crippen molar-refractivity contribution in [2.75, 3.05) is 11.9 Å². The Kier molecular flexibility index (Phi) is 4.29. The fourth-order valence-electron chi connectivity index (χ4n) is 1.88. The van der Waals surface area contributed by atoms with Crippen LogP contribution in [0, 0.1) is 6.92 Å². The number of aromatic amines is 1. The van der Waals surface area contributed by atoms with Crippen molar-refractivity contribution in [1.29, 1.82) is 0 Å². The van der Waals surface area contributed by atoms with Crippen molar-refractivity contribution in [3.05, 3.63) is 35.2 Å². The number of aromatic nitrogens is 4. The third-order valence-electron chi connectivity index (χ3n) is 2.88. The standard InChI is InChI=1S/C13H18N6O/c1-4-14-11-7-8(2)5-6-10(11)13(20)15-9(3)12-16-18-19-17-12/h5-7,9,14H,4H2,1-3H3,(H,15,20)(H,16,17,18,19). The van der Waals surface area contributed by atoms with E-state index in [-0.39, 0.29) is 11.9 Å². The van der Waals surface area contributed by atoms with Gasteiger partial charge in [-0.25, -0.2) is 0 Å². The maximum absolute atomic E-state index is 12.3. The second-order valence-corrected chi connectivity index (χ2v) is 4.54. The number of anilines is 1. The smallest absolute Gasteiger partial charge is 0.253 e. The number of tetrazole rings is 1. The van der Waals surface area contributed by atoms with Crippen molar-refractivity contribution in [2.45, 2.75) is 26.8 Å². The van der Waals surface area contributed by atoms with Crippen LogP contribution in [-0.4, -0.2) is 33.1 Å². The molecule has 0 fully saturated rings. The maximum Gasteiger partial charge on any atom is 0.253 e. The molecular formula is C13H18N6O. The van der Waals surface area contributed by atoms with Gasteiger partial charge in [0.05, 0.1) is 11.6 Å². The van der Waals surface area contributed by atoms with Gasteiger partial charge in [0, 0.05) is 12.2 Å². The average molecular weight is 274 g/mol. The number of aryl methyl sites for hydroxylation is 1. The number of nitrogens with zero attached hydrogens (tertiary/aromatic N) is 3. The van der Waals surface area contributed by atoms with Crippen LogP contribution in [0.5, 0.6) is 0 Å². The van der Waals surface area contributed by atoms with E-state index in [1.54, 1.807) is 0 Å². The van der Waals surface area contributed by atoms with Crippen LogP contribution in [0.3, 0.4) is 0 Å². The van der Waals surface area contributed by atoms with Gasteiger partial charge in [-0.3, -0.25) is 4.79 Å². The van der Waals surface area contributed by atoms with E-state index >= 15 is 0 Å². The minimum Gasteiger partial charge on any atom is -0.385 e. The number of benzene rings is 1. The van der Waals surface area contributed by atoms with Gasteiger partial charge >= 0.3 is 0 Å². The fraction of sp³-hybridized carbons (Fsp3) is 0.385. The molecule has 0 aliphatic heterocycles. The summed E-state index contributed by atoms with van der Waals surface area (Å²) in [5, 5.41) is 19.6. The minimum atomic E-state index is -0.308. The summed E-state index contributed by atoms with van der Waals surface area (Å²) in [7, 11) is 0. The first-order valence-corrected chi connectivity index (χ1v) is 6.50. The molecule has 1 atom stereocenters. The van der Waals surface area contributed by atoms with E-state index in [9.17, 15) is 4.79 Å². The molecule has 1 unspecified atom stereocenters. The van der Waals surface area contributed by atoms with Gasteiger partial charge in [0.15, 0.2) is 5.82 Å². The van der Waals surface area contributed by atoms with Crippen molar-refractivity contribution < 1.29 is 4.79 Å². The summed E-state index contributed by atoms with van der Waals surface area (Å²) < 4.78 is 0. The van der Waals surface area contributed by atoms with Crippen molar-refractivity contribution in [2.24, 2.45) is 0 Å². The SMILES string of the molecule is CCNc1cc(C)ccc1C(=O)NC(C)c1nn[nH]n1. The lowest BCUT2D eigenvalue weighted by Gasteiger charge is -2.14. The Morgan fingerprint density at radius 3 is 2.90 bits per heavy atom. The molecule has 1 amide bonds. The van der Waals surface area contributed by atoms with Crippen molar-refractivity contribution in [1.82, 2.24) is 25.9 Å². The summed E-state index contributed by atoms with van der Waals surface area (Å²) in [6, 6.07) is 5.37. The average Bonchev–Trinajstić information content (AvgIpc) is 2.93. The minimum absolute atomic E-state index is 0.168. The Balaban J connectivity index is 2.16. The second-order valence-electron chi connectivity index (χ2n) is 4.54. The second kappa shape index (κ2) is 6.14. The van der Waals surface area contributed by atoms with Crippen molar-refractivity contribution in [3.63, 3.8) is 0 Å². The first kappa shape index (κ1) is 14.0. The molecule has 7 nitrogen and oxygen atoms in total. The van der Waals surface area contributed by atoms with Gasteiger partial charge in [0.25, 0.3) is 5.91 Å². The number of H-pyrrole nitrogens is 1. The van der Waals surface area contributed by atoms with E-state index in [1.807, 2.05) is 39.0 Å². The lowest BCUT2D eigenvalue weighted by Crippen LogP contribution is -2.28. The molecule has 20 heavy (non-hydrogen) atoms. The molecule has 0 aliphatic carbocycles. The summed E-state index contributed by atoms with van der Waals surface area (Å²) in [5.74, 6) is 0.286. The molecular weight excluding hydrogens is 256 g/mol. The van der Waals surface area contributed by atoms with E-state index in [2.05, 4.69) is 31.3 Å². The third kappa shape index (κ3) is 3.11. The molecule has 0 radical (unpaired) electrons. The molecule has 106 valence electrons. The van der Waals surface area contributed by atoms with E-state index in [0.29, 0.717) is 11.4 Å². The lowest BCUT2D eigenvalue weighted by atomic mass is 10.1. The van der Waals surface area contributed by atoms with E-state index in [0.717, 1.165) is 17.8 Å². The Hall–Kier alpha value is -2.44. The topological polar surface area (TPSA) is 95.6 Å². The van der Waals surface area contributed by atoms with Crippen LogP contribution in [0.4, 0.5) is 5.69 Å². The molecule has 2 rings (SSSR count). The molecule has 0 aliphatic rings. The normalized spacial score (nSPS) is 11.9. The van der Waals surface area contributed by atoms with Gasteiger partial charge < -0.3 is 10.6 Å². The molecule has 2 aromatic rings. The van der Waals surface area contributed by atoms with Gasteiger partial charge in [-0.1, -0.05) is 11.3 Å². The number of rotatable bonds is 5. The Bertz CT molecular complexity index is 581. The summed E-state index contributed by atoms with van der Waals surface area (Å²) >= 11 is 0.